The summed E-state index contributed by atoms with van der Waals surface area (Å²) in [5.41, 5.74) is 0. The third kappa shape index (κ3) is 4.56. The molecule has 5 heteroatoms. The van der Waals surface area contributed by atoms with Gasteiger partial charge in [0.25, 0.3) is 0 Å². The molecular formula is C15H29N5. The monoisotopic (exact) mass is 279 g/mol. The molecule has 1 aromatic heterocycles. The lowest BCUT2D eigenvalue weighted by molar-refractivity contribution is 0.176. The normalized spacial score (nSPS) is 20.7. The molecule has 1 aromatic rings. The molecule has 2 heterocycles. The average molecular weight is 279 g/mol. The van der Waals surface area contributed by atoms with Crippen LogP contribution in [-0.2, 0) is 13.1 Å². The van der Waals surface area contributed by atoms with Gasteiger partial charge in [0.15, 0.2) is 0 Å². The van der Waals surface area contributed by atoms with Crippen molar-refractivity contribution in [3.63, 3.8) is 0 Å². The molecule has 0 aromatic carbocycles. The average Bonchev–Trinajstić information content (AvgIpc) is 2.83. The van der Waals surface area contributed by atoms with Gasteiger partial charge in [0.05, 0.1) is 6.54 Å². The molecule has 20 heavy (non-hydrogen) atoms. The van der Waals surface area contributed by atoms with E-state index in [-0.39, 0.29) is 0 Å². The minimum Gasteiger partial charge on any atom is -0.313 e. The number of nitrogens with one attached hydrogen (secondary N) is 1. The summed E-state index contributed by atoms with van der Waals surface area (Å²) in [6.07, 6.45) is 5.47. The minimum atomic E-state index is 0.607. The second-order valence-corrected chi connectivity index (χ2v) is 6.28. The van der Waals surface area contributed by atoms with Crippen LogP contribution in [0.25, 0.3) is 0 Å². The van der Waals surface area contributed by atoms with E-state index in [0.717, 1.165) is 32.0 Å². The smallest absolute Gasteiger partial charge is 0.141 e. The van der Waals surface area contributed by atoms with E-state index in [1.54, 1.807) is 6.33 Å². The van der Waals surface area contributed by atoms with E-state index in [4.69, 9.17) is 0 Å². The Hall–Kier alpha value is -0.940. The SMILES string of the molecule is CCCNC1CCCN(Cc2ncnn2CC(C)C)C1. The minimum absolute atomic E-state index is 0.607. The maximum Gasteiger partial charge on any atom is 0.141 e. The van der Waals surface area contributed by atoms with E-state index in [0.29, 0.717) is 12.0 Å². The van der Waals surface area contributed by atoms with Crippen molar-refractivity contribution in [2.75, 3.05) is 19.6 Å². The van der Waals surface area contributed by atoms with Gasteiger partial charge < -0.3 is 5.32 Å². The zero-order valence-electron chi connectivity index (χ0n) is 13.2. The summed E-state index contributed by atoms with van der Waals surface area (Å²) in [6.45, 7) is 12.0. The number of rotatable bonds is 7. The topological polar surface area (TPSA) is 46.0 Å². The Labute approximate surface area is 122 Å². The van der Waals surface area contributed by atoms with Crippen LogP contribution < -0.4 is 5.32 Å². The first-order valence-electron chi connectivity index (χ1n) is 8.01. The Morgan fingerprint density at radius 2 is 2.30 bits per heavy atom. The third-order valence-electron chi connectivity index (χ3n) is 3.79. The Balaban J connectivity index is 1.87. The summed E-state index contributed by atoms with van der Waals surface area (Å²) >= 11 is 0. The predicted molar refractivity (Wildman–Crippen MR) is 81.5 cm³/mol. The largest absolute Gasteiger partial charge is 0.313 e. The molecule has 114 valence electrons. The lowest BCUT2D eigenvalue weighted by atomic mass is 10.1. The van der Waals surface area contributed by atoms with Crippen LogP contribution in [0.2, 0.25) is 0 Å². The number of hydrogen-bond acceptors (Lipinski definition) is 4. The van der Waals surface area contributed by atoms with Crippen molar-refractivity contribution in [1.29, 1.82) is 0 Å². The first-order chi connectivity index (χ1) is 9.69. The maximum atomic E-state index is 4.44. The molecule has 1 fully saturated rings. The van der Waals surface area contributed by atoms with Crippen LogP contribution in [0.5, 0.6) is 0 Å². The first-order valence-corrected chi connectivity index (χ1v) is 8.01. The van der Waals surface area contributed by atoms with E-state index < -0.39 is 0 Å². The lowest BCUT2D eigenvalue weighted by Gasteiger charge is -2.33. The summed E-state index contributed by atoms with van der Waals surface area (Å²) in [7, 11) is 0. The van der Waals surface area contributed by atoms with Gasteiger partial charge in [0.1, 0.15) is 12.2 Å². The van der Waals surface area contributed by atoms with Gasteiger partial charge in [-0.25, -0.2) is 9.67 Å². The lowest BCUT2D eigenvalue weighted by Crippen LogP contribution is -2.45. The van der Waals surface area contributed by atoms with Gasteiger partial charge in [-0.2, -0.15) is 5.10 Å². The van der Waals surface area contributed by atoms with Crippen molar-refractivity contribution in [3.05, 3.63) is 12.2 Å². The van der Waals surface area contributed by atoms with Gasteiger partial charge in [0, 0.05) is 19.1 Å². The van der Waals surface area contributed by atoms with Crippen LogP contribution in [0.4, 0.5) is 0 Å². The Bertz CT molecular complexity index is 387. The molecule has 0 bridgehead atoms. The molecule has 1 aliphatic rings. The van der Waals surface area contributed by atoms with Crippen LogP contribution in [0.15, 0.2) is 6.33 Å². The molecule has 5 nitrogen and oxygen atoms in total. The molecule has 0 spiro atoms. The number of likely N-dealkylation sites (tertiary alicyclic amines) is 1. The maximum absolute atomic E-state index is 4.44. The van der Waals surface area contributed by atoms with Gasteiger partial charge in [-0.15, -0.1) is 0 Å². The molecular weight excluding hydrogens is 250 g/mol. The molecule has 0 saturated carbocycles. The Morgan fingerprint density at radius 3 is 3.05 bits per heavy atom. The van der Waals surface area contributed by atoms with Crippen LogP contribution in [0.3, 0.4) is 0 Å². The van der Waals surface area contributed by atoms with Gasteiger partial charge in [-0.05, 0) is 38.3 Å². The van der Waals surface area contributed by atoms with Crippen molar-refractivity contribution < 1.29 is 0 Å². The van der Waals surface area contributed by atoms with Crippen LogP contribution in [-0.4, -0.2) is 45.3 Å². The number of hydrogen-bond donors (Lipinski definition) is 1. The second-order valence-electron chi connectivity index (χ2n) is 6.28. The van der Waals surface area contributed by atoms with Crippen LogP contribution >= 0.6 is 0 Å². The standard InChI is InChI=1S/C15H29N5/c1-4-7-16-14-6-5-8-19(10-14)11-15-17-12-18-20(15)9-13(2)3/h12-14,16H,4-11H2,1-3H3. The first kappa shape index (κ1) is 15.4. The van der Waals surface area contributed by atoms with Crippen molar-refractivity contribution in [3.8, 4) is 0 Å². The number of piperidine rings is 1. The highest BCUT2D eigenvalue weighted by Gasteiger charge is 2.20. The molecule has 1 atom stereocenters. The number of aromatic nitrogens is 3. The molecule has 1 saturated heterocycles. The number of nitrogens with zero attached hydrogens (tertiary/aromatic N) is 4. The zero-order chi connectivity index (χ0) is 14.4. The van der Waals surface area contributed by atoms with Gasteiger partial charge in [-0.3, -0.25) is 4.90 Å². The highest BCUT2D eigenvalue weighted by Crippen LogP contribution is 2.13. The van der Waals surface area contributed by atoms with E-state index in [1.165, 1.54) is 25.8 Å². The van der Waals surface area contributed by atoms with E-state index >= 15 is 0 Å². The summed E-state index contributed by atoms with van der Waals surface area (Å²) in [5, 5.41) is 8.00. The van der Waals surface area contributed by atoms with Crippen molar-refractivity contribution in [1.82, 2.24) is 25.0 Å². The third-order valence-corrected chi connectivity index (χ3v) is 3.79. The fourth-order valence-electron chi connectivity index (χ4n) is 2.82. The summed E-state index contributed by atoms with van der Waals surface area (Å²) < 4.78 is 2.06. The summed E-state index contributed by atoms with van der Waals surface area (Å²) in [5.74, 6) is 1.71. The summed E-state index contributed by atoms with van der Waals surface area (Å²) in [6, 6.07) is 0.644. The highest BCUT2D eigenvalue weighted by atomic mass is 15.3. The van der Waals surface area contributed by atoms with Crippen molar-refractivity contribution >= 4 is 0 Å². The Kier molecular flexibility index (Phi) is 5.98. The quantitative estimate of drug-likeness (QED) is 0.828. The zero-order valence-corrected chi connectivity index (χ0v) is 13.2. The van der Waals surface area contributed by atoms with E-state index in [9.17, 15) is 0 Å². The molecule has 0 radical (unpaired) electrons. The second kappa shape index (κ2) is 7.74. The van der Waals surface area contributed by atoms with Gasteiger partial charge in [-0.1, -0.05) is 20.8 Å². The molecule has 1 unspecified atom stereocenters. The van der Waals surface area contributed by atoms with E-state index in [2.05, 4.69) is 45.8 Å². The fraction of sp³-hybridized carbons (Fsp3) is 0.867. The highest BCUT2D eigenvalue weighted by molar-refractivity contribution is 4.88. The van der Waals surface area contributed by atoms with Gasteiger partial charge in [0.2, 0.25) is 0 Å². The molecule has 0 amide bonds. The molecule has 1 N–H and O–H groups in total. The Morgan fingerprint density at radius 1 is 1.45 bits per heavy atom. The van der Waals surface area contributed by atoms with Crippen molar-refractivity contribution in [2.24, 2.45) is 5.92 Å². The summed E-state index contributed by atoms with van der Waals surface area (Å²) in [4.78, 5) is 6.95. The van der Waals surface area contributed by atoms with Crippen LogP contribution in [0.1, 0.15) is 45.9 Å². The molecule has 2 rings (SSSR count). The van der Waals surface area contributed by atoms with Gasteiger partial charge >= 0.3 is 0 Å². The van der Waals surface area contributed by atoms with Crippen molar-refractivity contribution in [2.45, 2.75) is 59.2 Å². The fourth-order valence-corrected chi connectivity index (χ4v) is 2.82. The molecule has 1 aliphatic heterocycles. The molecule has 0 aliphatic carbocycles. The predicted octanol–water partition coefficient (Wildman–Crippen LogP) is 1.90. The van der Waals surface area contributed by atoms with Crippen LogP contribution in [0, 0.1) is 5.92 Å². The van der Waals surface area contributed by atoms with E-state index in [1.807, 2.05) is 0 Å².